The molecule has 0 unspecified atom stereocenters. The van der Waals surface area contributed by atoms with E-state index in [1.165, 1.54) is 105 Å². The van der Waals surface area contributed by atoms with E-state index in [-0.39, 0.29) is 28.5 Å². The first kappa shape index (κ1) is 42.7. The van der Waals surface area contributed by atoms with E-state index < -0.39 is 0 Å². The topological polar surface area (TPSA) is 34.5 Å². The van der Waals surface area contributed by atoms with Gasteiger partial charge in [-0.2, -0.15) is 0 Å². The Labute approximate surface area is 432 Å². The first-order chi connectivity index (χ1) is 35.6. The molecule has 0 saturated heterocycles. The van der Waals surface area contributed by atoms with Crippen LogP contribution >= 0.6 is 0 Å². The molecule has 0 N–H and O–H groups in total. The molecule has 0 amide bonds. The minimum atomic E-state index is -0.227. The van der Waals surface area contributed by atoms with E-state index in [0.717, 1.165) is 62.9 Å². The summed E-state index contributed by atoms with van der Waals surface area (Å²) in [5, 5.41) is 7.16. The Bertz CT molecular complexity index is 4490. The maximum absolute atomic E-state index is 7.44. The molecular formula is C69H57BN2O2. The molecule has 5 heteroatoms. The van der Waals surface area contributed by atoms with Crippen LogP contribution in [0.5, 0.6) is 0 Å². The summed E-state index contributed by atoms with van der Waals surface area (Å²) in [6.45, 7) is 21.3. The summed E-state index contributed by atoms with van der Waals surface area (Å²) >= 11 is 0. The van der Waals surface area contributed by atoms with E-state index in [9.17, 15) is 0 Å². The molecular weight excluding hydrogens is 900 g/mol. The molecule has 2 aliphatic heterocycles. The Morgan fingerprint density at radius 2 is 1.19 bits per heavy atom. The summed E-state index contributed by atoms with van der Waals surface area (Å²) in [5.74, 6) is 0. The summed E-state index contributed by atoms with van der Waals surface area (Å²) in [6.07, 6.45) is 2.29. The van der Waals surface area contributed by atoms with Crippen molar-refractivity contribution >= 4 is 94.8 Å². The quantitative estimate of drug-likeness (QED) is 0.162. The zero-order chi connectivity index (χ0) is 50.1. The van der Waals surface area contributed by atoms with Crippen LogP contribution in [0.2, 0.25) is 0 Å². The smallest absolute Gasteiger partial charge is 0.333 e. The zero-order valence-corrected chi connectivity index (χ0v) is 43.7. The minimum Gasteiger partial charge on any atom is -0.456 e. The third kappa shape index (κ3) is 5.40. The lowest BCUT2D eigenvalue weighted by Crippen LogP contribution is -2.60. The number of anilines is 2. The molecule has 0 fully saturated rings. The lowest BCUT2D eigenvalue weighted by molar-refractivity contribution is 0.332. The average Bonchev–Trinajstić information content (AvgIpc) is 4.31. The van der Waals surface area contributed by atoms with Crippen LogP contribution in [-0.2, 0) is 21.7 Å². The molecule has 12 aromatic rings. The third-order valence-electron chi connectivity index (χ3n) is 18.6. The zero-order valence-electron chi connectivity index (χ0n) is 43.7. The van der Waals surface area contributed by atoms with Gasteiger partial charge in [-0.25, -0.2) is 0 Å². The van der Waals surface area contributed by atoms with Crippen molar-refractivity contribution in [3.8, 4) is 39.1 Å². The van der Waals surface area contributed by atoms with Gasteiger partial charge >= 0.3 is 6.85 Å². The molecule has 5 heterocycles. The SMILES string of the molecule is CC(C)(C)c1ccc2c(c1)c1c3c(oc4ccccc43)c3c4c1n2-c1cc2c(cc1B4N(c1ccc(-c4ccccc4)cc1)c1cc4oc5cc6c(cc5c4cc1-3)C(C)(C)CCC6(C)C)C(C)(C)c1ccccc1-2. The van der Waals surface area contributed by atoms with Gasteiger partial charge in [0.15, 0.2) is 0 Å². The minimum absolute atomic E-state index is 0.0478. The second-order valence-corrected chi connectivity index (χ2v) is 25.1. The van der Waals surface area contributed by atoms with Crippen LogP contribution in [0.4, 0.5) is 11.4 Å². The highest BCUT2D eigenvalue weighted by atomic mass is 16.3. The van der Waals surface area contributed by atoms with Crippen molar-refractivity contribution in [1.29, 1.82) is 0 Å². The average molecular weight is 957 g/mol. The van der Waals surface area contributed by atoms with E-state index in [2.05, 4.69) is 229 Å². The van der Waals surface area contributed by atoms with Gasteiger partial charge in [0.05, 0.1) is 11.0 Å². The summed E-state index contributed by atoms with van der Waals surface area (Å²) in [5.41, 5.74) is 26.3. The Kier molecular flexibility index (Phi) is 8.02. The molecule has 0 spiro atoms. The fraction of sp³-hybridized carbons (Fsp3) is 0.217. The molecule has 74 heavy (non-hydrogen) atoms. The maximum atomic E-state index is 7.44. The summed E-state index contributed by atoms with van der Waals surface area (Å²) in [6, 6.07) is 60.0. The van der Waals surface area contributed by atoms with Crippen molar-refractivity contribution in [2.24, 2.45) is 0 Å². The number of benzene rings is 9. The number of rotatable bonds is 2. The third-order valence-corrected chi connectivity index (χ3v) is 18.6. The highest BCUT2D eigenvalue weighted by molar-refractivity contribution is 6.94. The maximum Gasteiger partial charge on any atom is 0.333 e. The summed E-state index contributed by atoms with van der Waals surface area (Å²) in [7, 11) is 0. The van der Waals surface area contributed by atoms with Crippen molar-refractivity contribution < 1.29 is 8.83 Å². The lowest BCUT2D eigenvalue weighted by Gasteiger charge is -2.42. The summed E-state index contributed by atoms with van der Waals surface area (Å²) < 4.78 is 17.3. The van der Waals surface area contributed by atoms with Crippen LogP contribution in [0, 0.1) is 0 Å². The highest BCUT2D eigenvalue weighted by Gasteiger charge is 2.49. The second-order valence-electron chi connectivity index (χ2n) is 25.1. The summed E-state index contributed by atoms with van der Waals surface area (Å²) in [4.78, 5) is 2.66. The van der Waals surface area contributed by atoms with E-state index in [1.807, 2.05) is 0 Å². The van der Waals surface area contributed by atoms with Crippen molar-refractivity contribution in [2.75, 3.05) is 4.81 Å². The van der Waals surface area contributed by atoms with Crippen molar-refractivity contribution in [3.05, 3.63) is 186 Å². The van der Waals surface area contributed by atoms with Gasteiger partial charge in [0.25, 0.3) is 0 Å². The van der Waals surface area contributed by atoms with E-state index in [1.54, 1.807) is 0 Å². The van der Waals surface area contributed by atoms with Crippen LogP contribution in [0.15, 0.2) is 167 Å². The molecule has 4 aliphatic rings. The number of hydrogen-bond acceptors (Lipinski definition) is 3. The van der Waals surface area contributed by atoms with Crippen molar-refractivity contribution in [2.45, 2.75) is 96.8 Å². The van der Waals surface area contributed by atoms with Gasteiger partial charge in [0.1, 0.15) is 22.3 Å². The second kappa shape index (κ2) is 13.9. The molecule has 2 aliphatic carbocycles. The van der Waals surface area contributed by atoms with E-state index in [4.69, 9.17) is 8.83 Å². The number of para-hydroxylation sites is 1. The first-order valence-corrected chi connectivity index (χ1v) is 26.8. The molecule has 0 bridgehead atoms. The van der Waals surface area contributed by atoms with Crippen LogP contribution in [0.3, 0.4) is 0 Å². The van der Waals surface area contributed by atoms with Crippen molar-refractivity contribution in [3.63, 3.8) is 0 Å². The van der Waals surface area contributed by atoms with Crippen LogP contribution < -0.4 is 15.7 Å². The van der Waals surface area contributed by atoms with Crippen LogP contribution in [0.25, 0.3) is 105 Å². The molecule has 0 radical (unpaired) electrons. The number of nitrogens with zero attached hydrogens (tertiary/aromatic N) is 2. The Morgan fingerprint density at radius 3 is 1.97 bits per heavy atom. The van der Waals surface area contributed by atoms with Crippen molar-refractivity contribution in [1.82, 2.24) is 4.57 Å². The van der Waals surface area contributed by atoms with Crippen LogP contribution in [-0.4, -0.2) is 11.4 Å². The van der Waals surface area contributed by atoms with E-state index >= 15 is 0 Å². The number of fused-ring (bicyclic) bond motifs is 20. The monoisotopic (exact) mass is 956 g/mol. The Hall–Kier alpha value is -7.76. The molecule has 16 rings (SSSR count). The fourth-order valence-corrected chi connectivity index (χ4v) is 14.5. The van der Waals surface area contributed by atoms with Gasteiger partial charge < -0.3 is 18.2 Å². The molecule has 358 valence electrons. The fourth-order valence-electron chi connectivity index (χ4n) is 14.5. The molecule has 0 atom stereocenters. The lowest BCUT2D eigenvalue weighted by atomic mass is 9.43. The molecule has 3 aromatic heterocycles. The van der Waals surface area contributed by atoms with Gasteiger partial charge in [0.2, 0.25) is 0 Å². The normalized spacial score (nSPS) is 16.6. The predicted octanol–water partition coefficient (Wildman–Crippen LogP) is 17.4. The van der Waals surface area contributed by atoms with Crippen LogP contribution in [0.1, 0.15) is 103 Å². The molecule has 4 nitrogen and oxygen atoms in total. The number of hydrogen-bond donors (Lipinski definition) is 0. The molecule has 9 aromatic carbocycles. The Balaban J connectivity index is 1.10. The number of furan rings is 2. The van der Waals surface area contributed by atoms with Gasteiger partial charge in [-0.3, -0.25) is 0 Å². The van der Waals surface area contributed by atoms with Gasteiger partial charge in [-0.05, 0) is 145 Å². The van der Waals surface area contributed by atoms with Gasteiger partial charge in [0, 0.05) is 72.0 Å². The van der Waals surface area contributed by atoms with Gasteiger partial charge in [-0.1, -0.05) is 159 Å². The largest absolute Gasteiger partial charge is 0.456 e. The highest BCUT2D eigenvalue weighted by Crippen LogP contribution is 2.56. The van der Waals surface area contributed by atoms with E-state index in [0.29, 0.717) is 0 Å². The Morgan fingerprint density at radius 1 is 0.500 bits per heavy atom. The first-order valence-electron chi connectivity index (χ1n) is 26.8. The predicted molar refractivity (Wildman–Crippen MR) is 311 cm³/mol. The number of aromatic nitrogens is 1. The standard InChI is InChI=1S/C69H57BN2O2/c1-66(2,3)40-25-28-54-47(31-40)60-61-43-20-14-16-22-57(43)74-65(61)62-48-32-45-46-33-51-52(68(6,7)30-29-67(51,4)5)36-58(46)73-59(45)37-55(48)72(41-26-23-39(24-27-41)38-17-11-10-12-18-38)70-53-35-50-44(34-56(53)71(54)64(60)63(62)70)42-19-13-15-21-49(42)69(50,8)9/h10-28,31-37H,29-30H2,1-9H3. The van der Waals surface area contributed by atoms with Gasteiger partial charge in [-0.15, -0.1) is 0 Å². The molecule has 0 saturated carbocycles.